The van der Waals surface area contributed by atoms with Crippen LogP contribution >= 0.6 is 0 Å². The third-order valence-corrected chi connectivity index (χ3v) is 6.48. The molecule has 0 N–H and O–H groups in total. The van der Waals surface area contributed by atoms with Gasteiger partial charge in [-0.3, -0.25) is 4.79 Å². The van der Waals surface area contributed by atoms with Crippen LogP contribution in [0, 0.1) is 34.5 Å². The van der Waals surface area contributed by atoms with Gasteiger partial charge in [-0.25, -0.2) is 0 Å². The number of rotatable bonds is 0. The number of Topliss-reactive ketones (excluding diaryl/α,β-unsaturated/α-hetero) is 1. The van der Waals surface area contributed by atoms with Crippen molar-refractivity contribution in [3.05, 3.63) is 0 Å². The molecular formula is C15H24O. The molecule has 0 aliphatic heterocycles. The fraction of sp³-hybridized carbons (Fsp3) is 0.933. The Labute approximate surface area is 99.0 Å². The van der Waals surface area contributed by atoms with Crippen molar-refractivity contribution in [1.29, 1.82) is 0 Å². The lowest BCUT2D eigenvalue weighted by atomic mass is 9.60. The van der Waals surface area contributed by atoms with Gasteiger partial charge in [0.2, 0.25) is 0 Å². The summed E-state index contributed by atoms with van der Waals surface area (Å²) in [6.07, 6.45) is 4.89. The molecule has 16 heavy (non-hydrogen) atoms. The van der Waals surface area contributed by atoms with E-state index in [1.54, 1.807) is 0 Å². The molecular weight excluding hydrogens is 196 g/mol. The van der Waals surface area contributed by atoms with Crippen molar-refractivity contribution in [2.75, 3.05) is 0 Å². The zero-order valence-electron chi connectivity index (χ0n) is 11.0. The summed E-state index contributed by atoms with van der Waals surface area (Å²) < 4.78 is 0. The van der Waals surface area contributed by atoms with Crippen LogP contribution in [-0.2, 0) is 4.79 Å². The lowest BCUT2D eigenvalue weighted by Crippen LogP contribution is -2.39. The molecule has 3 fully saturated rings. The molecule has 3 saturated carbocycles. The average molecular weight is 220 g/mol. The molecule has 3 aliphatic rings. The molecule has 0 aromatic heterocycles. The highest BCUT2D eigenvalue weighted by Gasteiger charge is 2.67. The fourth-order valence-electron chi connectivity index (χ4n) is 5.73. The van der Waals surface area contributed by atoms with Crippen LogP contribution in [0.4, 0.5) is 0 Å². The van der Waals surface area contributed by atoms with Crippen LogP contribution < -0.4 is 0 Å². The summed E-state index contributed by atoms with van der Waals surface area (Å²) in [4.78, 5) is 12.1. The van der Waals surface area contributed by atoms with Gasteiger partial charge >= 0.3 is 0 Å². The summed E-state index contributed by atoms with van der Waals surface area (Å²) in [5, 5.41) is 0. The van der Waals surface area contributed by atoms with Gasteiger partial charge < -0.3 is 0 Å². The highest BCUT2D eigenvalue weighted by molar-refractivity contribution is 5.85. The monoisotopic (exact) mass is 220 g/mol. The number of carbonyl (C=O) groups excluding carboxylic acids is 1. The zero-order chi connectivity index (χ0) is 11.7. The summed E-state index contributed by atoms with van der Waals surface area (Å²) in [5.41, 5.74) is 0.855. The lowest BCUT2D eigenvalue weighted by molar-refractivity contribution is -0.122. The first-order valence-electron chi connectivity index (χ1n) is 6.92. The van der Waals surface area contributed by atoms with Crippen LogP contribution in [0.3, 0.4) is 0 Å². The smallest absolute Gasteiger partial charge is 0.136 e. The summed E-state index contributed by atoms with van der Waals surface area (Å²) >= 11 is 0. The molecule has 1 nitrogen and oxygen atoms in total. The molecule has 0 aromatic rings. The van der Waals surface area contributed by atoms with E-state index >= 15 is 0 Å². The van der Waals surface area contributed by atoms with Gasteiger partial charge in [0.05, 0.1) is 0 Å². The van der Waals surface area contributed by atoms with Crippen LogP contribution in [0.15, 0.2) is 0 Å². The quantitative estimate of drug-likeness (QED) is 0.608. The highest BCUT2D eigenvalue weighted by atomic mass is 16.1. The van der Waals surface area contributed by atoms with Crippen LogP contribution in [0.25, 0.3) is 0 Å². The van der Waals surface area contributed by atoms with Crippen LogP contribution in [0.1, 0.15) is 53.4 Å². The Morgan fingerprint density at radius 3 is 2.44 bits per heavy atom. The Balaban J connectivity index is 2.11. The molecule has 5 atom stereocenters. The second kappa shape index (κ2) is 2.91. The molecule has 0 spiro atoms. The Hall–Kier alpha value is -0.330. The Morgan fingerprint density at radius 1 is 1.12 bits per heavy atom. The summed E-state index contributed by atoms with van der Waals surface area (Å²) in [5.74, 6) is 3.18. The molecule has 3 aliphatic carbocycles. The van der Waals surface area contributed by atoms with E-state index in [1.165, 1.54) is 19.3 Å². The van der Waals surface area contributed by atoms with Crippen molar-refractivity contribution in [2.24, 2.45) is 34.5 Å². The summed E-state index contributed by atoms with van der Waals surface area (Å²) in [7, 11) is 0. The minimum Gasteiger partial charge on any atom is -0.299 e. The van der Waals surface area contributed by atoms with Crippen molar-refractivity contribution in [1.82, 2.24) is 0 Å². The third-order valence-electron chi connectivity index (χ3n) is 6.48. The van der Waals surface area contributed by atoms with Gasteiger partial charge in [-0.1, -0.05) is 27.7 Å². The topological polar surface area (TPSA) is 17.1 Å². The zero-order valence-corrected chi connectivity index (χ0v) is 11.0. The maximum absolute atomic E-state index is 12.1. The first kappa shape index (κ1) is 10.8. The predicted molar refractivity (Wildman–Crippen MR) is 65.0 cm³/mol. The van der Waals surface area contributed by atoms with Gasteiger partial charge in [0.25, 0.3) is 0 Å². The highest BCUT2D eigenvalue weighted by Crippen LogP contribution is 2.71. The normalized spacial score (nSPS) is 54.1. The Bertz CT molecular complexity index is 343. The van der Waals surface area contributed by atoms with E-state index < -0.39 is 0 Å². The van der Waals surface area contributed by atoms with E-state index in [1.807, 2.05) is 0 Å². The van der Waals surface area contributed by atoms with E-state index in [9.17, 15) is 4.79 Å². The minimum absolute atomic E-state index is 0.331. The lowest BCUT2D eigenvalue weighted by Gasteiger charge is -2.43. The molecule has 2 bridgehead atoms. The van der Waals surface area contributed by atoms with E-state index in [2.05, 4.69) is 27.7 Å². The summed E-state index contributed by atoms with van der Waals surface area (Å²) in [6.45, 7) is 9.49. The van der Waals surface area contributed by atoms with Gasteiger partial charge in [-0.05, 0) is 47.8 Å². The standard InChI is InChI=1S/C15H24O/c1-9-5-6-11-12-7-13(16)10(2)15(9,12)8-14(11,3)4/h9-12H,5-8H2,1-4H3/t9?,10-,11?,12?,15+/m0/s1. The fourth-order valence-corrected chi connectivity index (χ4v) is 5.73. The van der Waals surface area contributed by atoms with Crippen molar-refractivity contribution in [3.8, 4) is 0 Å². The molecule has 0 amide bonds. The van der Waals surface area contributed by atoms with Crippen molar-refractivity contribution in [2.45, 2.75) is 53.4 Å². The molecule has 0 radical (unpaired) electrons. The largest absolute Gasteiger partial charge is 0.299 e. The first-order chi connectivity index (χ1) is 7.39. The SMILES string of the molecule is CC1CCC2C3CC(=O)[C@H](C)[C@@]13CC2(C)C. The summed E-state index contributed by atoms with van der Waals surface area (Å²) in [6, 6.07) is 0. The number of hydrogen-bond acceptors (Lipinski definition) is 1. The molecule has 0 heterocycles. The van der Waals surface area contributed by atoms with Crippen LogP contribution in [0.2, 0.25) is 0 Å². The maximum Gasteiger partial charge on any atom is 0.136 e. The predicted octanol–water partition coefficient (Wildman–Crippen LogP) is 3.67. The van der Waals surface area contributed by atoms with E-state index in [0.29, 0.717) is 28.4 Å². The number of ketones is 1. The maximum atomic E-state index is 12.1. The van der Waals surface area contributed by atoms with Gasteiger partial charge in [0.15, 0.2) is 0 Å². The molecule has 0 saturated heterocycles. The molecule has 3 unspecified atom stereocenters. The van der Waals surface area contributed by atoms with E-state index in [-0.39, 0.29) is 0 Å². The van der Waals surface area contributed by atoms with Gasteiger partial charge in [0, 0.05) is 12.3 Å². The molecule has 0 aromatic carbocycles. The van der Waals surface area contributed by atoms with Crippen LogP contribution in [0.5, 0.6) is 0 Å². The molecule has 1 heteroatoms. The van der Waals surface area contributed by atoms with E-state index in [0.717, 1.165) is 18.3 Å². The van der Waals surface area contributed by atoms with Gasteiger partial charge in [-0.15, -0.1) is 0 Å². The van der Waals surface area contributed by atoms with Gasteiger partial charge in [0.1, 0.15) is 5.78 Å². The first-order valence-corrected chi connectivity index (χ1v) is 6.92. The number of hydrogen-bond donors (Lipinski definition) is 0. The Morgan fingerprint density at radius 2 is 1.81 bits per heavy atom. The second-order valence-electron chi connectivity index (χ2n) is 7.36. The second-order valence-corrected chi connectivity index (χ2v) is 7.36. The molecule has 3 rings (SSSR count). The van der Waals surface area contributed by atoms with Gasteiger partial charge in [-0.2, -0.15) is 0 Å². The minimum atomic E-state index is 0.331. The third kappa shape index (κ3) is 1.01. The van der Waals surface area contributed by atoms with Crippen LogP contribution in [-0.4, -0.2) is 5.78 Å². The van der Waals surface area contributed by atoms with Crippen molar-refractivity contribution < 1.29 is 4.79 Å². The van der Waals surface area contributed by atoms with Crippen molar-refractivity contribution >= 4 is 5.78 Å². The average Bonchev–Trinajstić information content (AvgIpc) is 2.51. The Kier molecular flexibility index (Phi) is 1.97. The van der Waals surface area contributed by atoms with Crippen molar-refractivity contribution in [3.63, 3.8) is 0 Å². The number of carbonyl (C=O) groups is 1. The molecule has 90 valence electrons. The van der Waals surface area contributed by atoms with E-state index in [4.69, 9.17) is 0 Å².